The molecule has 0 spiro atoms. The van der Waals surface area contributed by atoms with E-state index in [0.29, 0.717) is 25.1 Å². The topological polar surface area (TPSA) is 116 Å². The molecule has 1 aromatic carbocycles. The van der Waals surface area contributed by atoms with Crippen molar-refractivity contribution in [1.82, 2.24) is 15.1 Å². The van der Waals surface area contributed by atoms with E-state index < -0.39 is 11.9 Å². The van der Waals surface area contributed by atoms with Crippen LogP contribution in [0.5, 0.6) is 0 Å². The van der Waals surface area contributed by atoms with E-state index in [0.717, 1.165) is 30.5 Å². The summed E-state index contributed by atoms with van der Waals surface area (Å²) in [6.07, 6.45) is 2.24. The van der Waals surface area contributed by atoms with Gasteiger partial charge in [0.1, 0.15) is 6.04 Å². The maximum atomic E-state index is 12.9. The molecule has 0 aliphatic carbocycles. The molecule has 3 aliphatic heterocycles. The molecule has 2 saturated heterocycles. The van der Waals surface area contributed by atoms with Crippen molar-refractivity contribution in [2.75, 3.05) is 13.2 Å². The average molecular weight is 386 g/mol. The van der Waals surface area contributed by atoms with Crippen LogP contribution < -0.4 is 11.1 Å². The predicted molar refractivity (Wildman–Crippen MR) is 101 cm³/mol. The maximum absolute atomic E-state index is 12.9. The number of likely N-dealkylation sites (tertiary alicyclic amines) is 1. The largest absolute Gasteiger partial charge is 0.395 e. The Balaban J connectivity index is 1.54. The van der Waals surface area contributed by atoms with Gasteiger partial charge in [0.05, 0.1) is 6.61 Å². The molecule has 3 aliphatic rings. The molecule has 3 heterocycles. The monoisotopic (exact) mass is 386 g/mol. The zero-order valence-electron chi connectivity index (χ0n) is 15.8. The maximum Gasteiger partial charge on any atom is 0.255 e. The van der Waals surface area contributed by atoms with Crippen LogP contribution >= 0.6 is 0 Å². The second-order valence-electron chi connectivity index (χ2n) is 7.93. The Morgan fingerprint density at radius 2 is 2.04 bits per heavy atom. The summed E-state index contributed by atoms with van der Waals surface area (Å²) in [7, 11) is 0. The van der Waals surface area contributed by atoms with E-state index in [4.69, 9.17) is 5.73 Å². The Morgan fingerprint density at radius 1 is 1.21 bits per heavy atom. The molecule has 150 valence electrons. The number of aliphatic hydroxyl groups excluding tert-OH is 1. The number of carbonyl (C=O) groups is 3. The highest BCUT2D eigenvalue weighted by molar-refractivity contribution is 6.05. The molecule has 3 atom stereocenters. The van der Waals surface area contributed by atoms with Crippen molar-refractivity contribution in [2.24, 2.45) is 5.73 Å². The molecule has 0 bridgehead atoms. The standard InChI is InChI=1S/C20H26N4O4/c21-13-6-7-23(14(8-13)11-25)9-12-2-1-3-15-16(12)10-24(20(15)28)17-4-5-18(26)22-19(17)27/h1-3,13-14,17,25H,4-11,21H2,(H,22,26,27)/t13-,14-,17?/m1/s1. The quantitative estimate of drug-likeness (QED) is 0.614. The number of fused-ring (bicyclic) bond motifs is 1. The Hall–Kier alpha value is -2.29. The SMILES string of the molecule is N[C@@H]1CCN(Cc2cccc3c2CN(C2CCC(=O)NC2=O)C3=O)[C@@H](CO)C1. The van der Waals surface area contributed by atoms with Crippen LogP contribution in [0.1, 0.15) is 47.2 Å². The second kappa shape index (κ2) is 7.62. The van der Waals surface area contributed by atoms with Crippen molar-refractivity contribution in [3.63, 3.8) is 0 Å². The van der Waals surface area contributed by atoms with Crippen molar-refractivity contribution in [3.05, 3.63) is 34.9 Å². The van der Waals surface area contributed by atoms with Gasteiger partial charge in [-0.05, 0) is 36.5 Å². The van der Waals surface area contributed by atoms with E-state index in [1.165, 1.54) is 0 Å². The third-order valence-electron chi connectivity index (χ3n) is 6.14. The molecule has 3 amide bonds. The third-order valence-corrected chi connectivity index (χ3v) is 6.14. The van der Waals surface area contributed by atoms with Crippen molar-refractivity contribution in [2.45, 2.75) is 56.9 Å². The lowest BCUT2D eigenvalue weighted by Gasteiger charge is -2.37. The molecule has 0 radical (unpaired) electrons. The minimum absolute atomic E-state index is 0.0166. The zero-order chi connectivity index (χ0) is 19.8. The van der Waals surface area contributed by atoms with Crippen LogP contribution in [0.2, 0.25) is 0 Å². The first kappa shape index (κ1) is 19.0. The van der Waals surface area contributed by atoms with E-state index in [1.54, 1.807) is 11.0 Å². The number of aliphatic hydroxyl groups is 1. The number of hydrogen-bond acceptors (Lipinski definition) is 6. The highest BCUT2D eigenvalue weighted by Gasteiger charge is 2.40. The molecule has 8 heteroatoms. The molecule has 4 N–H and O–H groups in total. The second-order valence-corrected chi connectivity index (χ2v) is 7.93. The molecule has 1 unspecified atom stereocenters. The lowest BCUT2D eigenvalue weighted by Crippen LogP contribution is -2.52. The normalized spacial score (nSPS) is 28.4. The summed E-state index contributed by atoms with van der Waals surface area (Å²) in [6, 6.07) is 5.18. The van der Waals surface area contributed by atoms with Crippen molar-refractivity contribution in [1.29, 1.82) is 0 Å². The van der Waals surface area contributed by atoms with E-state index in [1.807, 2.05) is 12.1 Å². The van der Waals surface area contributed by atoms with Crippen molar-refractivity contribution < 1.29 is 19.5 Å². The average Bonchev–Trinajstić information content (AvgIpc) is 3.01. The molecular weight excluding hydrogens is 360 g/mol. The van der Waals surface area contributed by atoms with Gasteiger partial charge in [-0.25, -0.2) is 0 Å². The van der Waals surface area contributed by atoms with Crippen LogP contribution in [-0.2, 0) is 22.7 Å². The Bertz CT molecular complexity index is 811. The number of nitrogens with one attached hydrogen (secondary N) is 1. The summed E-state index contributed by atoms with van der Waals surface area (Å²) in [5.41, 5.74) is 8.63. The molecule has 8 nitrogen and oxygen atoms in total. The fraction of sp³-hybridized carbons (Fsp3) is 0.550. The van der Waals surface area contributed by atoms with Crippen molar-refractivity contribution in [3.8, 4) is 0 Å². The number of hydrogen-bond donors (Lipinski definition) is 3. The number of nitrogens with two attached hydrogens (primary N) is 1. The first-order valence-corrected chi connectivity index (χ1v) is 9.84. The Kier molecular flexibility index (Phi) is 5.18. The minimum atomic E-state index is -0.608. The number of imide groups is 1. The smallest absolute Gasteiger partial charge is 0.255 e. The molecular formula is C20H26N4O4. The first-order valence-electron chi connectivity index (χ1n) is 9.84. The number of amides is 3. The molecule has 4 rings (SSSR count). The van der Waals surface area contributed by atoms with Crippen LogP contribution in [-0.4, -0.2) is 63.9 Å². The zero-order valence-corrected chi connectivity index (χ0v) is 15.8. The molecule has 0 aromatic heterocycles. The minimum Gasteiger partial charge on any atom is -0.395 e. The van der Waals surface area contributed by atoms with Gasteiger partial charge in [-0.3, -0.25) is 24.6 Å². The van der Waals surface area contributed by atoms with Crippen LogP contribution in [0.3, 0.4) is 0 Å². The van der Waals surface area contributed by atoms with Gasteiger partial charge in [0.25, 0.3) is 5.91 Å². The molecule has 2 fully saturated rings. The van der Waals surface area contributed by atoms with Gasteiger partial charge < -0.3 is 15.7 Å². The van der Waals surface area contributed by atoms with E-state index in [2.05, 4.69) is 10.2 Å². The Labute approximate surface area is 163 Å². The first-order chi connectivity index (χ1) is 13.5. The molecule has 28 heavy (non-hydrogen) atoms. The highest BCUT2D eigenvalue weighted by atomic mass is 16.3. The molecule has 0 saturated carbocycles. The fourth-order valence-corrected chi connectivity index (χ4v) is 4.55. The number of rotatable bonds is 4. The van der Waals surface area contributed by atoms with Crippen LogP contribution in [0, 0.1) is 0 Å². The fourth-order valence-electron chi connectivity index (χ4n) is 4.55. The summed E-state index contributed by atoms with van der Waals surface area (Å²) in [4.78, 5) is 40.4. The number of nitrogens with zero attached hydrogens (tertiary/aromatic N) is 2. The van der Waals surface area contributed by atoms with Gasteiger partial charge >= 0.3 is 0 Å². The van der Waals surface area contributed by atoms with E-state index in [9.17, 15) is 19.5 Å². The van der Waals surface area contributed by atoms with Crippen LogP contribution in [0.15, 0.2) is 18.2 Å². The molecule has 1 aromatic rings. The van der Waals surface area contributed by atoms with Gasteiger partial charge in [0.15, 0.2) is 0 Å². The predicted octanol–water partition coefficient (Wildman–Crippen LogP) is -0.268. The number of carbonyl (C=O) groups excluding carboxylic acids is 3. The van der Waals surface area contributed by atoms with Crippen molar-refractivity contribution >= 4 is 17.7 Å². The lowest BCUT2D eigenvalue weighted by molar-refractivity contribution is -0.136. The Morgan fingerprint density at radius 3 is 2.79 bits per heavy atom. The third kappa shape index (κ3) is 3.43. The lowest BCUT2D eigenvalue weighted by atomic mass is 9.96. The van der Waals surface area contributed by atoms with Gasteiger partial charge in [-0.2, -0.15) is 0 Å². The van der Waals surface area contributed by atoms with E-state index >= 15 is 0 Å². The summed E-state index contributed by atoms with van der Waals surface area (Å²) in [5, 5.41) is 12.1. The number of piperidine rings is 2. The van der Waals surface area contributed by atoms with Crippen LogP contribution in [0.4, 0.5) is 0 Å². The highest BCUT2D eigenvalue weighted by Crippen LogP contribution is 2.31. The summed E-state index contributed by atoms with van der Waals surface area (Å²) >= 11 is 0. The van der Waals surface area contributed by atoms with Crippen LogP contribution in [0.25, 0.3) is 0 Å². The van der Waals surface area contributed by atoms with Gasteiger partial charge in [-0.1, -0.05) is 12.1 Å². The summed E-state index contributed by atoms with van der Waals surface area (Å²) < 4.78 is 0. The summed E-state index contributed by atoms with van der Waals surface area (Å²) in [6.45, 7) is 1.87. The van der Waals surface area contributed by atoms with Gasteiger partial charge in [-0.15, -0.1) is 0 Å². The van der Waals surface area contributed by atoms with Gasteiger partial charge in [0.2, 0.25) is 11.8 Å². The summed E-state index contributed by atoms with van der Waals surface area (Å²) in [5.74, 6) is -0.848. The number of benzene rings is 1. The van der Waals surface area contributed by atoms with Gasteiger partial charge in [0, 0.05) is 43.7 Å². The van der Waals surface area contributed by atoms with E-state index in [-0.39, 0.29) is 36.9 Å².